The Hall–Kier alpha value is -1.89. The summed E-state index contributed by atoms with van der Waals surface area (Å²) in [6.07, 6.45) is -0.0164. The number of hydrogen-bond acceptors (Lipinski definition) is 4. The fourth-order valence-electron chi connectivity index (χ4n) is 1.84. The van der Waals surface area contributed by atoms with Gasteiger partial charge in [0.1, 0.15) is 6.04 Å². The van der Waals surface area contributed by atoms with Crippen molar-refractivity contribution in [1.82, 2.24) is 10.2 Å². The molecule has 3 amide bonds. The summed E-state index contributed by atoms with van der Waals surface area (Å²) < 4.78 is 0.758. The van der Waals surface area contributed by atoms with Gasteiger partial charge in [-0.15, -0.1) is 0 Å². The first-order chi connectivity index (χ1) is 8.90. The number of carbonyl (C=O) groups excluding carboxylic acids is 3. The fourth-order valence-corrected chi connectivity index (χ4v) is 2.22. The lowest BCUT2D eigenvalue weighted by atomic mass is 10.1. The van der Waals surface area contributed by atoms with Gasteiger partial charge < -0.3 is 11.1 Å². The zero-order chi connectivity index (χ0) is 14.2. The van der Waals surface area contributed by atoms with Crippen molar-refractivity contribution in [2.75, 3.05) is 12.8 Å². The molecule has 1 aliphatic heterocycles. The Morgan fingerprint density at radius 2 is 2.16 bits per heavy atom. The van der Waals surface area contributed by atoms with Crippen molar-refractivity contribution in [3.05, 3.63) is 28.2 Å². The van der Waals surface area contributed by atoms with Crippen LogP contribution < -0.4 is 11.1 Å². The Bertz CT molecular complexity index is 573. The Morgan fingerprint density at radius 3 is 2.68 bits per heavy atom. The lowest BCUT2D eigenvalue weighted by molar-refractivity contribution is -0.137. The minimum atomic E-state index is -0.812. The number of nitrogens with two attached hydrogens (primary N) is 1. The number of likely N-dealkylation sites (tertiary alicyclic amines) is 1. The smallest absolute Gasteiger partial charge is 0.254 e. The van der Waals surface area contributed by atoms with Crippen molar-refractivity contribution in [2.24, 2.45) is 0 Å². The second-order valence-electron chi connectivity index (χ2n) is 4.25. The van der Waals surface area contributed by atoms with Crippen LogP contribution in [-0.4, -0.2) is 35.7 Å². The monoisotopic (exact) mass is 325 g/mol. The molecule has 1 aliphatic rings. The van der Waals surface area contributed by atoms with Gasteiger partial charge >= 0.3 is 0 Å². The highest BCUT2D eigenvalue weighted by Crippen LogP contribution is 2.19. The van der Waals surface area contributed by atoms with Crippen LogP contribution in [0.25, 0.3) is 0 Å². The summed E-state index contributed by atoms with van der Waals surface area (Å²) in [7, 11) is 1.39. The minimum absolute atomic E-state index is 0.0164. The number of halogens is 1. The zero-order valence-electron chi connectivity index (χ0n) is 10.1. The van der Waals surface area contributed by atoms with E-state index in [1.165, 1.54) is 7.05 Å². The van der Waals surface area contributed by atoms with Crippen molar-refractivity contribution in [3.8, 4) is 0 Å². The number of carbonyl (C=O) groups is 3. The van der Waals surface area contributed by atoms with Crippen LogP contribution in [0.5, 0.6) is 0 Å². The van der Waals surface area contributed by atoms with Crippen molar-refractivity contribution >= 4 is 39.3 Å². The van der Waals surface area contributed by atoms with Crippen LogP contribution in [0.15, 0.2) is 22.7 Å². The van der Waals surface area contributed by atoms with Gasteiger partial charge in [-0.05, 0) is 18.2 Å². The predicted molar refractivity (Wildman–Crippen MR) is 72.2 cm³/mol. The van der Waals surface area contributed by atoms with Crippen LogP contribution in [-0.2, 0) is 9.59 Å². The van der Waals surface area contributed by atoms with Crippen LogP contribution in [0, 0.1) is 0 Å². The van der Waals surface area contributed by atoms with E-state index in [-0.39, 0.29) is 17.9 Å². The molecule has 0 saturated carbocycles. The average molecular weight is 326 g/mol. The van der Waals surface area contributed by atoms with E-state index in [4.69, 9.17) is 5.73 Å². The molecule has 2 rings (SSSR count). The Labute approximate surface area is 118 Å². The molecule has 0 aliphatic carbocycles. The molecule has 1 saturated heterocycles. The van der Waals surface area contributed by atoms with E-state index in [2.05, 4.69) is 21.2 Å². The number of nitrogens with zero attached hydrogens (tertiary/aromatic N) is 1. The second-order valence-corrected chi connectivity index (χ2v) is 5.17. The predicted octanol–water partition coefficient (Wildman–Crippen LogP) is 0.518. The summed E-state index contributed by atoms with van der Waals surface area (Å²) in [5.74, 6) is -1.18. The van der Waals surface area contributed by atoms with Crippen molar-refractivity contribution in [3.63, 3.8) is 0 Å². The molecule has 1 unspecified atom stereocenters. The first kappa shape index (κ1) is 13.5. The molecule has 1 aromatic rings. The molecule has 6 nitrogen and oxygen atoms in total. The summed E-state index contributed by atoms with van der Waals surface area (Å²) in [5, 5.41) is 2.52. The first-order valence-electron chi connectivity index (χ1n) is 5.56. The van der Waals surface area contributed by atoms with Crippen LogP contribution in [0.1, 0.15) is 16.8 Å². The van der Waals surface area contributed by atoms with Crippen LogP contribution in [0.4, 0.5) is 5.69 Å². The van der Waals surface area contributed by atoms with E-state index < -0.39 is 17.9 Å². The van der Waals surface area contributed by atoms with E-state index in [1.54, 1.807) is 18.2 Å². The average Bonchev–Trinajstić information content (AvgIpc) is 2.57. The third-order valence-electron chi connectivity index (χ3n) is 2.95. The number of benzene rings is 1. The summed E-state index contributed by atoms with van der Waals surface area (Å²) in [6, 6.07) is 4.02. The first-order valence-corrected chi connectivity index (χ1v) is 6.35. The van der Waals surface area contributed by atoms with Gasteiger partial charge in [-0.25, -0.2) is 0 Å². The number of nitrogen functional groups attached to an aromatic ring is 1. The summed E-state index contributed by atoms with van der Waals surface area (Å²) >= 11 is 3.24. The molecule has 0 aromatic heterocycles. The summed E-state index contributed by atoms with van der Waals surface area (Å²) in [6.45, 7) is 0. The SMILES string of the molecule is CN1C(=O)CC(NC(=O)c2ccc(Br)cc2N)C1=O. The maximum absolute atomic E-state index is 12.0. The molecule has 1 fully saturated rings. The van der Waals surface area contributed by atoms with E-state index in [0.29, 0.717) is 5.69 Å². The van der Waals surface area contributed by atoms with Crippen molar-refractivity contribution in [1.29, 1.82) is 0 Å². The van der Waals surface area contributed by atoms with Gasteiger partial charge in [-0.2, -0.15) is 0 Å². The third kappa shape index (κ3) is 2.60. The van der Waals surface area contributed by atoms with E-state index in [9.17, 15) is 14.4 Å². The Balaban J connectivity index is 2.14. The van der Waals surface area contributed by atoms with Crippen molar-refractivity contribution in [2.45, 2.75) is 12.5 Å². The maximum atomic E-state index is 12.0. The quantitative estimate of drug-likeness (QED) is 0.612. The number of anilines is 1. The molecule has 100 valence electrons. The highest BCUT2D eigenvalue weighted by atomic mass is 79.9. The molecule has 7 heteroatoms. The number of imide groups is 1. The highest BCUT2D eigenvalue weighted by molar-refractivity contribution is 9.10. The molecule has 0 radical (unpaired) electrons. The van der Waals surface area contributed by atoms with Gasteiger partial charge in [-0.1, -0.05) is 15.9 Å². The summed E-state index contributed by atoms with van der Waals surface area (Å²) in [5.41, 5.74) is 6.31. The molecule has 0 bridgehead atoms. The third-order valence-corrected chi connectivity index (χ3v) is 3.44. The lowest BCUT2D eigenvalue weighted by Gasteiger charge is -2.12. The number of amides is 3. The number of rotatable bonds is 2. The van der Waals surface area contributed by atoms with Crippen molar-refractivity contribution < 1.29 is 14.4 Å². The molecule has 0 spiro atoms. The van der Waals surface area contributed by atoms with Gasteiger partial charge in [0.2, 0.25) is 5.91 Å². The molecule has 1 atom stereocenters. The number of likely N-dealkylation sites (N-methyl/N-ethyl adjacent to an activating group) is 1. The van der Waals surface area contributed by atoms with E-state index in [1.807, 2.05) is 0 Å². The van der Waals surface area contributed by atoms with Gasteiger partial charge in [0, 0.05) is 17.2 Å². The van der Waals surface area contributed by atoms with Crippen LogP contribution in [0.2, 0.25) is 0 Å². The number of nitrogens with one attached hydrogen (secondary N) is 1. The van der Waals surface area contributed by atoms with Gasteiger partial charge in [0.15, 0.2) is 0 Å². The molecular weight excluding hydrogens is 314 g/mol. The molecule has 3 N–H and O–H groups in total. The van der Waals surface area contributed by atoms with Gasteiger partial charge in [0.25, 0.3) is 11.8 Å². The Morgan fingerprint density at radius 1 is 1.47 bits per heavy atom. The van der Waals surface area contributed by atoms with E-state index in [0.717, 1.165) is 9.37 Å². The molecule has 19 heavy (non-hydrogen) atoms. The molecule has 1 aromatic carbocycles. The number of hydrogen-bond donors (Lipinski definition) is 2. The Kier molecular flexibility index (Phi) is 3.57. The van der Waals surface area contributed by atoms with Gasteiger partial charge in [0.05, 0.1) is 12.0 Å². The van der Waals surface area contributed by atoms with Crippen LogP contribution >= 0.6 is 15.9 Å². The second kappa shape index (κ2) is 5.00. The maximum Gasteiger partial charge on any atom is 0.254 e. The molecule has 1 heterocycles. The summed E-state index contributed by atoms with van der Waals surface area (Å²) in [4.78, 5) is 36.0. The minimum Gasteiger partial charge on any atom is -0.398 e. The lowest BCUT2D eigenvalue weighted by Crippen LogP contribution is -2.40. The highest BCUT2D eigenvalue weighted by Gasteiger charge is 2.37. The fraction of sp³-hybridized carbons (Fsp3) is 0.250. The largest absolute Gasteiger partial charge is 0.398 e. The normalized spacial score (nSPS) is 18.8. The van der Waals surface area contributed by atoms with Gasteiger partial charge in [-0.3, -0.25) is 19.3 Å². The van der Waals surface area contributed by atoms with Crippen LogP contribution in [0.3, 0.4) is 0 Å². The topological polar surface area (TPSA) is 92.5 Å². The van der Waals surface area contributed by atoms with E-state index >= 15 is 0 Å². The standard InChI is InChI=1S/C12H12BrN3O3/c1-16-10(17)5-9(12(16)19)15-11(18)7-3-2-6(13)4-8(7)14/h2-4,9H,5,14H2,1H3,(H,15,18). The zero-order valence-corrected chi connectivity index (χ0v) is 11.7. The molecular formula is C12H12BrN3O3.